The highest BCUT2D eigenvalue weighted by Gasteiger charge is 2.38. The van der Waals surface area contributed by atoms with Gasteiger partial charge in [-0.15, -0.1) is 0 Å². The monoisotopic (exact) mass is 264 g/mol. The van der Waals surface area contributed by atoms with Gasteiger partial charge in [0.2, 0.25) is 0 Å². The summed E-state index contributed by atoms with van der Waals surface area (Å²) in [6.45, 7) is 10.2. The van der Waals surface area contributed by atoms with E-state index in [4.69, 9.17) is 0 Å². The van der Waals surface area contributed by atoms with E-state index in [9.17, 15) is 0 Å². The highest BCUT2D eigenvalue weighted by molar-refractivity contribution is 5.07. The van der Waals surface area contributed by atoms with Crippen LogP contribution >= 0.6 is 0 Å². The minimum atomic E-state index is 0.307. The molecule has 19 heavy (non-hydrogen) atoms. The molecule has 0 radical (unpaired) electrons. The molecule has 0 saturated carbocycles. The molecule has 1 aliphatic rings. The Hall–Kier alpha value is -0.870. The Bertz CT molecular complexity index is 395. The first kappa shape index (κ1) is 14.5. The molecule has 0 spiro atoms. The molecule has 1 saturated heterocycles. The molecule has 1 unspecified atom stereocenters. The summed E-state index contributed by atoms with van der Waals surface area (Å²) >= 11 is 0. The van der Waals surface area contributed by atoms with Crippen LogP contribution in [0.5, 0.6) is 0 Å². The predicted molar refractivity (Wildman–Crippen MR) is 79.0 cm³/mol. The molecule has 2 heterocycles. The van der Waals surface area contributed by atoms with Crippen LogP contribution in [0.25, 0.3) is 0 Å². The number of hydrogen-bond acceptors (Lipinski definition) is 3. The third-order valence-electron chi connectivity index (χ3n) is 4.77. The van der Waals surface area contributed by atoms with Crippen LogP contribution in [0.2, 0.25) is 0 Å². The summed E-state index contributed by atoms with van der Waals surface area (Å²) in [7, 11) is 1.99. The fourth-order valence-electron chi connectivity index (χ4n) is 3.20. The quantitative estimate of drug-likeness (QED) is 0.885. The second-order valence-corrected chi connectivity index (χ2v) is 5.82. The third kappa shape index (κ3) is 3.00. The van der Waals surface area contributed by atoms with E-state index in [1.807, 2.05) is 17.9 Å². The van der Waals surface area contributed by atoms with Crippen molar-refractivity contribution in [2.24, 2.45) is 7.05 Å². The first-order valence-corrected chi connectivity index (χ1v) is 7.59. The van der Waals surface area contributed by atoms with Gasteiger partial charge in [0.15, 0.2) is 0 Å². The molecule has 1 aromatic rings. The fourth-order valence-corrected chi connectivity index (χ4v) is 3.20. The number of aryl methyl sites for hydroxylation is 1. The van der Waals surface area contributed by atoms with E-state index in [-0.39, 0.29) is 0 Å². The molecule has 0 aliphatic carbocycles. The van der Waals surface area contributed by atoms with Crippen LogP contribution in [0.15, 0.2) is 12.4 Å². The second-order valence-electron chi connectivity index (χ2n) is 5.82. The summed E-state index contributed by atoms with van der Waals surface area (Å²) in [6.07, 6.45) is 7.74. The van der Waals surface area contributed by atoms with Crippen molar-refractivity contribution in [1.82, 2.24) is 20.0 Å². The highest BCUT2D eigenvalue weighted by Crippen LogP contribution is 2.29. The molecule has 0 aromatic carbocycles. The lowest BCUT2D eigenvalue weighted by atomic mass is 9.86. The maximum atomic E-state index is 4.30. The number of nitrogens with zero attached hydrogens (tertiary/aromatic N) is 3. The molecule has 1 aromatic heterocycles. The Labute approximate surface area is 117 Å². The van der Waals surface area contributed by atoms with Crippen molar-refractivity contribution < 1.29 is 0 Å². The average Bonchev–Trinajstić information content (AvgIpc) is 2.84. The number of hydrogen-bond donors (Lipinski definition) is 1. The third-order valence-corrected chi connectivity index (χ3v) is 4.77. The topological polar surface area (TPSA) is 33.1 Å². The van der Waals surface area contributed by atoms with Gasteiger partial charge in [0.05, 0.1) is 6.20 Å². The van der Waals surface area contributed by atoms with Crippen molar-refractivity contribution in [3.8, 4) is 0 Å². The first-order valence-electron chi connectivity index (χ1n) is 7.59. The smallest absolute Gasteiger partial charge is 0.0534 e. The molecular formula is C15H28N4. The molecule has 2 rings (SSSR count). The Kier molecular flexibility index (Phi) is 4.63. The normalized spacial score (nSPS) is 23.7. The zero-order chi connectivity index (χ0) is 13.9. The summed E-state index contributed by atoms with van der Waals surface area (Å²) in [5, 5.41) is 8.02. The van der Waals surface area contributed by atoms with Crippen LogP contribution in [-0.4, -0.2) is 39.4 Å². The van der Waals surface area contributed by atoms with E-state index in [1.54, 1.807) is 0 Å². The van der Waals surface area contributed by atoms with Crippen molar-refractivity contribution in [3.05, 3.63) is 18.0 Å². The number of aromatic nitrogens is 2. The van der Waals surface area contributed by atoms with Crippen LogP contribution in [0.1, 0.15) is 45.6 Å². The zero-order valence-electron chi connectivity index (χ0n) is 12.8. The lowest BCUT2D eigenvalue weighted by molar-refractivity contribution is 0.0238. The van der Waals surface area contributed by atoms with Crippen molar-refractivity contribution >= 4 is 0 Å². The molecule has 1 N–H and O–H groups in total. The average molecular weight is 264 g/mol. The molecule has 1 atom stereocenters. The van der Waals surface area contributed by atoms with Gasteiger partial charge in [0.25, 0.3) is 0 Å². The van der Waals surface area contributed by atoms with E-state index in [0.29, 0.717) is 11.6 Å². The lowest BCUT2D eigenvalue weighted by Crippen LogP contribution is -2.63. The van der Waals surface area contributed by atoms with Crippen molar-refractivity contribution in [2.75, 3.05) is 13.1 Å². The molecule has 0 bridgehead atoms. The predicted octanol–water partition coefficient (Wildman–Crippen LogP) is 2.16. The van der Waals surface area contributed by atoms with E-state index in [0.717, 1.165) is 19.6 Å². The minimum absolute atomic E-state index is 0.307. The van der Waals surface area contributed by atoms with E-state index < -0.39 is 0 Å². The minimum Gasteiger partial charge on any atom is -0.311 e. The molecule has 1 aliphatic heterocycles. The molecule has 108 valence electrons. The number of rotatable bonds is 5. The maximum Gasteiger partial charge on any atom is 0.0534 e. The molecule has 0 amide bonds. The lowest BCUT2D eigenvalue weighted by Gasteiger charge is -2.49. The first-order chi connectivity index (χ1) is 9.13. The van der Waals surface area contributed by atoms with Crippen LogP contribution < -0.4 is 5.32 Å². The summed E-state index contributed by atoms with van der Waals surface area (Å²) in [5.41, 5.74) is 1.63. The van der Waals surface area contributed by atoms with Gasteiger partial charge in [-0.2, -0.15) is 5.10 Å². The summed E-state index contributed by atoms with van der Waals surface area (Å²) in [6, 6.07) is 0.628. The van der Waals surface area contributed by atoms with E-state index in [2.05, 4.69) is 42.3 Å². The van der Waals surface area contributed by atoms with Gasteiger partial charge >= 0.3 is 0 Å². The van der Waals surface area contributed by atoms with Crippen molar-refractivity contribution in [3.63, 3.8) is 0 Å². The Balaban J connectivity index is 2.15. The summed E-state index contributed by atoms with van der Waals surface area (Å²) < 4.78 is 1.90. The second kappa shape index (κ2) is 6.06. The SMILES string of the molecule is CCC1CN(Cc2cnn(C)c2)C(CC)(CC)CN1. The number of piperazine rings is 1. The largest absolute Gasteiger partial charge is 0.311 e. The molecule has 4 heteroatoms. The van der Waals surface area contributed by atoms with Gasteiger partial charge in [0.1, 0.15) is 0 Å². The van der Waals surface area contributed by atoms with Gasteiger partial charge in [-0.3, -0.25) is 9.58 Å². The highest BCUT2D eigenvalue weighted by atomic mass is 15.3. The van der Waals surface area contributed by atoms with Gasteiger partial charge < -0.3 is 5.32 Å². The van der Waals surface area contributed by atoms with E-state index in [1.165, 1.54) is 24.8 Å². The standard InChI is InChI=1S/C15H28N4/c1-5-14-11-19(10-13-8-17-18(4)9-13)15(6-2,7-3)12-16-14/h8-9,14,16H,5-7,10-12H2,1-4H3. The molecule has 1 fully saturated rings. The van der Waals surface area contributed by atoms with Crippen molar-refractivity contribution in [2.45, 2.75) is 58.2 Å². The fraction of sp³-hybridized carbons (Fsp3) is 0.800. The van der Waals surface area contributed by atoms with Gasteiger partial charge in [0, 0.05) is 50.0 Å². The van der Waals surface area contributed by atoms with Gasteiger partial charge in [-0.25, -0.2) is 0 Å². The summed E-state index contributed by atoms with van der Waals surface area (Å²) in [5.74, 6) is 0. The molecular weight excluding hydrogens is 236 g/mol. The zero-order valence-corrected chi connectivity index (χ0v) is 12.8. The number of nitrogens with one attached hydrogen (secondary N) is 1. The van der Waals surface area contributed by atoms with Gasteiger partial charge in [-0.1, -0.05) is 20.8 Å². The Morgan fingerprint density at radius 1 is 1.37 bits per heavy atom. The molecule has 4 nitrogen and oxygen atoms in total. The van der Waals surface area contributed by atoms with Crippen LogP contribution in [0.4, 0.5) is 0 Å². The Morgan fingerprint density at radius 3 is 2.63 bits per heavy atom. The Morgan fingerprint density at radius 2 is 2.11 bits per heavy atom. The van der Waals surface area contributed by atoms with Crippen LogP contribution in [0.3, 0.4) is 0 Å². The van der Waals surface area contributed by atoms with E-state index >= 15 is 0 Å². The van der Waals surface area contributed by atoms with Crippen LogP contribution in [0, 0.1) is 0 Å². The maximum absolute atomic E-state index is 4.30. The van der Waals surface area contributed by atoms with Crippen LogP contribution in [-0.2, 0) is 13.6 Å². The van der Waals surface area contributed by atoms with Crippen molar-refractivity contribution in [1.29, 1.82) is 0 Å². The summed E-state index contributed by atoms with van der Waals surface area (Å²) in [4.78, 5) is 2.68. The van der Waals surface area contributed by atoms with Gasteiger partial charge in [-0.05, 0) is 19.3 Å².